The fraction of sp³-hybridized carbons (Fsp3) is 0.615. The third kappa shape index (κ3) is 2.19. The Bertz CT molecular complexity index is 610. The van der Waals surface area contributed by atoms with E-state index in [0.29, 0.717) is 25.4 Å². The highest BCUT2D eigenvalue weighted by molar-refractivity contribution is 7.89. The molecule has 2 fully saturated rings. The molecule has 3 heterocycles. The number of hydrogen-bond acceptors (Lipinski definition) is 5. The van der Waals surface area contributed by atoms with Crippen LogP contribution in [0.4, 0.5) is 0 Å². The SMILES string of the molecule is CN1C2CCC1CN(S(=O)(=O)c1ccc(C=O)o1)CC2. The minimum absolute atomic E-state index is 0.0389. The topological polar surface area (TPSA) is 70.8 Å². The minimum Gasteiger partial charge on any atom is -0.440 e. The lowest BCUT2D eigenvalue weighted by atomic mass is 10.1. The molecule has 0 aromatic carbocycles. The Hall–Kier alpha value is -1.18. The average Bonchev–Trinajstić information content (AvgIpc) is 2.95. The van der Waals surface area contributed by atoms with Crippen LogP contribution in [0.15, 0.2) is 21.6 Å². The van der Waals surface area contributed by atoms with E-state index in [2.05, 4.69) is 11.9 Å². The number of aldehydes is 1. The first-order chi connectivity index (χ1) is 9.52. The van der Waals surface area contributed by atoms with Crippen LogP contribution in [0.1, 0.15) is 29.8 Å². The molecule has 0 radical (unpaired) electrons. The second-order valence-corrected chi connectivity index (χ2v) is 7.35. The molecule has 2 bridgehead atoms. The molecule has 2 unspecified atom stereocenters. The number of hydrogen-bond donors (Lipinski definition) is 0. The van der Waals surface area contributed by atoms with Crippen molar-refractivity contribution in [3.8, 4) is 0 Å². The van der Waals surface area contributed by atoms with Crippen molar-refractivity contribution in [1.82, 2.24) is 9.21 Å². The number of furan rings is 1. The van der Waals surface area contributed by atoms with Gasteiger partial charge in [-0.15, -0.1) is 0 Å². The van der Waals surface area contributed by atoms with Crippen LogP contribution >= 0.6 is 0 Å². The number of fused-ring (bicyclic) bond motifs is 2. The van der Waals surface area contributed by atoms with Gasteiger partial charge in [-0.2, -0.15) is 4.31 Å². The smallest absolute Gasteiger partial charge is 0.276 e. The zero-order valence-corrected chi connectivity index (χ0v) is 12.2. The van der Waals surface area contributed by atoms with Gasteiger partial charge in [-0.1, -0.05) is 0 Å². The average molecular weight is 298 g/mol. The second kappa shape index (κ2) is 4.98. The normalized spacial score (nSPS) is 28.4. The van der Waals surface area contributed by atoms with E-state index >= 15 is 0 Å². The van der Waals surface area contributed by atoms with Crippen LogP contribution in [-0.2, 0) is 10.0 Å². The predicted molar refractivity (Wildman–Crippen MR) is 72.0 cm³/mol. The fourth-order valence-electron chi connectivity index (χ4n) is 3.16. The molecule has 6 nitrogen and oxygen atoms in total. The van der Waals surface area contributed by atoms with E-state index in [9.17, 15) is 13.2 Å². The van der Waals surface area contributed by atoms with Crippen LogP contribution in [0.2, 0.25) is 0 Å². The largest absolute Gasteiger partial charge is 0.440 e. The highest BCUT2D eigenvalue weighted by atomic mass is 32.2. The highest BCUT2D eigenvalue weighted by Gasteiger charge is 2.39. The van der Waals surface area contributed by atoms with Crippen LogP contribution in [0.3, 0.4) is 0 Å². The Kier molecular flexibility index (Phi) is 3.43. The molecule has 1 aromatic heterocycles. The van der Waals surface area contributed by atoms with Crippen molar-refractivity contribution in [2.24, 2.45) is 0 Å². The third-order valence-electron chi connectivity index (χ3n) is 4.42. The summed E-state index contributed by atoms with van der Waals surface area (Å²) in [5.74, 6) is 0.0389. The van der Waals surface area contributed by atoms with Crippen molar-refractivity contribution < 1.29 is 17.6 Å². The van der Waals surface area contributed by atoms with Gasteiger partial charge in [0.15, 0.2) is 12.0 Å². The van der Waals surface area contributed by atoms with E-state index in [0.717, 1.165) is 19.3 Å². The molecule has 2 aliphatic heterocycles. The summed E-state index contributed by atoms with van der Waals surface area (Å²) < 4.78 is 31.7. The molecule has 2 saturated heterocycles. The van der Waals surface area contributed by atoms with Gasteiger partial charge in [-0.05, 0) is 38.4 Å². The van der Waals surface area contributed by atoms with Crippen molar-refractivity contribution >= 4 is 16.3 Å². The Morgan fingerprint density at radius 2 is 2.00 bits per heavy atom. The van der Waals surface area contributed by atoms with Crippen molar-refractivity contribution in [2.75, 3.05) is 20.1 Å². The number of sulfonamides is 1. The Morgan fingerprint density at radius 3 is 2.70 bits per heavy atom. The van der Waals surface area contributed by atoms with E-state index in [1.165, 1.54) is 16.4 Å². The van der Waals surface area contributed by atoms with E-state index < -0.39 is 10.0 Å². The second-order valence-electron chi connectivity index (χ2n) is 5.48. The predicted octanol–water partition coefficient (Wildman–Crippen LogP) is 0.949. The first-order valence-corrected chi connectivity index (χ1v) is 8.23. The van der Waals surface area contributed by atoms with Crippen LogP contribution in [0.5, 0.6) is 0 Å². The summed E-state index contributed by atoms with van der Waals surface area (Å²) in [6.45, 7) is 0.997. The molecule has 3 rings (SSSR count). The summed E-state index contributed by atoms with van der Waals surface area (Å²) in [6.07, 6.45) is 3.53. The molecular weight excluding hydrogens is 280 g/mol. The summed E-state index contributed by atoms with van der Waals surface area (Å²) in [6, 6.07) is 3.49. The number of rotatable bonds is 3. The van der Waals surface area contributed by atoms with Crippen molar-refractivity contribution in [3.05, 3.63) is 17.9 Å². The summed E-state index contributed by atoms with van der Waals surface area (Å²) in [5, 5.41) is -0.139. The van der Waals surface area contributed by atoms with Crippen LogP contribution in [0, 0.1) is 0 Å². The van der Waals surface area contributed by atoms with Crippen molar-refractivity contribution in [3.63, 3.8) is 0 Å². The Morgan fingerprint density at radius 1 is 1.25 bits per heavy atom. The van der Waals surface area contributed by atoms with E-state index in [-0.39, 0.29) is 16.9 Å². The number of carbonyl (C=O) groups excluding carboxylic acids is 1. The molecule has 110 valence electrons. The van der Waals surface area contributed by atoms with E-state index in [1.54, 1.807) is 0 Å². The van der Waals surface area contributed by atoms with Crippen molar-refractivity contribution in [1.29, 1.82) is 0 Å². The van der Waals surface area contributed by atoms with Gasteiger partial charge < -0.3 is 4.42 Å². The van der Waals surface area contributed by atoms with Gasteiger partial charge in [-0.3, -0.25) is 9.69 Å². The minimum atomic E-state index is -3.64. The van der Waals surface area contributed by atoms with Gasteiger partial charge in [0.25, 0.3) is 10.0 Å². The maximum absolute atomic E-state index is 12.5. The van der Waals surface area contributed by atoms with Gasteiger partial charge in [-0.25, -0.2) is 8.42 Å². The van der Waals surface area contributed by atoms with Gasteiger partial charge in [0, 0.05) is 25.2 Å². The molecule has 2 aliphatic rings. The van der Waals surface area contributed by atoms with Crippen LogP contribution in [0.25, 0.3) is 0 Å². The Balaban J connectivity index is 1.86. The zero-order chi connectivity index (χ0) is 14.3. The van der Waals surface area contributed by atoms with Crippen LogP contribution in [-0.4, -0.2) is 56.1 Å². The molecular formula is C13H18N2O4S. The van der Waals surface area contributed by atoms with E-state index in [4.69, 9.17) is 4.42 Å². The molecule has 0 N–H and O–H groups in total. The number of nitrogens with zero attached hydrogens (tertiary/aromatic N) is 2. The molecule has 7 heteroatoms. The molecule has 20 heavy (non-hydrogen) atoms. The zero-order valence-electron chi connectivity index (χ0n) is 11.4. The van der Waals surface area contributed by atoms with Crippen LogP contribution < -0.4 is 0 Å². The van der Waals surface area contributed by atoms with Gasteiger partial charge in [0.2, 0.25) is 5.09 Å². The number of carbonyl (C=O) groups is 1. The number of likely N-dealkylation sites (N-methyl/N-ethyl adjacent to an activating group) is 1. The fourth-order valence-corrected chi connectivity index (χ4v) is 4.57. The molecule has 0 amide bonds. The molecule has 2 atom stereocenters. The summed E-state index contributed by atoms with van der Waals surface area (Å²) in [7, 11) is -1.57. The summed E-state index contributed by atoms with van der Waals surface area (Å²) in [5.41, 5.74) is 0. The monoisotopic (exact) mass is 298 g/mol. The molecule has 0 aliphatic carbocycles. The van der Waals surface area contributed by atoms with Gasteiger partial charge >= 0.3 is 0 Å². The van der Waals surface area contributed by atoms with Crippen molar-refractivity contribution in [2.45, 2.75) is 36.4 Å². The third-order valence-corrected chi connectivity index (χ3v) is 6.16. The Labute approximate surface area is 118 Å². The summed E-state index contributed by atoms with van der Waals surface area (Å²) in [4.78, 5) is 12.9. The first-order valence-electron chi connectivity index (χ1n) is 6.79. The molecule has 0 spiro atoms. The lowest BCUT2D eigenvalue weighted by Gasteiger charge is -2.24. The van der Waals surface area contributed by atoms with Gasteiger partial charge in [0.1, 0.15) is 0 Å². The molecule has 0 saturated carbocycles. The first kappa shape index (κ1) is 13.8. The maximum atomic E-state index is 12.5. The van der Waals surface area contributed by atoms with E-state index in [1.807, 2.05) is 0 Å². The molecule has 1 aromatic rings. The standard InChI is InChI=1S/C13H18N2O4S/c1-14-10-2-3-11(14)8-15(7-6-10)20(17,18)13-5-4-12(9-16)19-13/h4-5,9-11H,2-3,6-8H2,1H3. The quantitative estimate of drug-likeness (QED) is 0.777. The summed E-state index contributed by atoms with van der Waals surface area (Å²) >= 11 is 0. The lowest BCUT2D eigenvalue weighted by Crippen LogP contribution is -2.39. The highest BCUT2D eigenvalue weighted by Crippen LogP contribution is 2.31. The van der Waals surface area contributed by atoms with Gasteiger partial charge in [0.05, 0.1) is 0 Å². The lowest BCUT2D eigenvalue weighted by molar-refractivity contribution is 0.109. The maximum Gasteiger partial charge on any atom is 0.276 e.